The molecule has 2 aromatic carbocycles. The molecule has 7 nitrogen and oxygen atoms in total. The fraction of sp³-hybridized carbons (Fsp3) is 0.217. The molecular formula is C23H21Cl3N6O. The minimum Gasteiger partial charge on any atom is -0.368 e. The lowest BCUT2D eigenvalue weighted by molar-refractivity contribution is -0.120. The molecule has 33 heavy (non-hydrogen) atoms. The molecule has 0 unspecified atom stereocenters. The van der Waals surface area contributed by atoms with E-state index in [1.54, 1.807) is 35.0 Å². The first-order chi connectivity index (χ1) is 15.6. The summed E-state index contributed by atoms with van der Waals surface area (Å²) < 4.78 is 1.65. The number of amidine groups is 1. The minimum atomic E-state index is -0.844. The summed E-state index contributed by atoms with van der Waals surface area (Å²) in [7, 11) is 0. The Morgan fingerprint density at radius 2 is 1.79 bits per heavy atom. The van der Waals surface area contributed by atoms with Gasteiger partial charge in [-0.15, -0.1) is 0 Å². The second kappa shape index (κ2) is 10.3. The Morgan fingerprint density at radius 3 is 2.33 bits per heavy atom. The number of carbonyl (C=O) groups is 1. The van der Waals surface area contributed by atoms with E-state index in [9.17, 15) is 10.1 Å². The van der Waals surface area contributed by atoms with E-state index in [2.05, 4.69) is 10.3 Å². The Morgan fingerprint density at radius 1 is 1.15 bits per heavy atom. The molecule has 3 aromatic rings. The number of nitrogens with one attached hydrogen (secondary N) is 1. The van der Waals surface area contributed by atoms with Crippen molar-refractivity contribution in [2.45, 2.75) is 26.8 Å². The van der Waals surface area contributed by atoms with E-state index in [0.717, 1.165) is 5.56 Å². The maximum Gasteiger partial charge on any atom is 0.242 e. The van der Waals surface area contributed by atoms with Gasteiger partial charge in [0.15, 0.2) is 12.0 Å². The molecule has 10 heteroatoms. The highest BCUT2D eigenvalue weighted by Gasteiger charge is 2.25. The first-order valence-electron chi connectivity index (χ1n) is 9.97. The van der Waals surface area contributed by atoms with Crippen LogP contribution in [0, 0.1) is 24.3 Å². The van der Waals surface area contributed by atoms with Crippen LogP contribution in [0.25, 0.3) is 16.9 Å². The molecule has 0 aliphatic carbocycles. The van der Waals surface area contributed by atoms with Gasteiger partial charge in [0.2, 0.25) is 5.91 Å². The molecule has 1 aromatic heterocycles. The van der Waals surface area contributed by atoms with Crippen LogP contribution in [0.3, 0.4) is 0 Å². The summed E-state index contributed by atoms with van der Waals surface area (Å²) in [6.07, 6.45) is 1.87. The molecule has 170 valence electrons. The molecule has 0 radical (unpaired) electrons. The Kier molecular flexibility index (Phi) is 7.65. The van der Waals surface area contributed by atoms with Crippen LogP contribution in [0.4, 0.5) is 0 Å². The summed E-state index contributed by atoms with van der Waals surface area (Å²) in [5, 5.41) is 18.1. The van der Waals surface area contributed by atoms with Crippen LogP contribution in [0.1, 0.15) is 25.1 Å². The standard InChI is InChI=1S/C23H21Cl3N6O/c1-12(2)19(22(28)33)30-23(29-11-27)20-13(3)21(14-4-6-15(24)7-5-14)32(31-20)18-9-8-16(25)10-17(18)26/h4-10,12,19H,1-3H3,(H2,28,33)(H,29,30)/t19-/m0/s1. The van der Waals surface area contributed by atoms with Crippen molar-refractivity contribution in [2.24, 2.45) is 16.6 Å². The van der Waals surface area contributed by atoms with Crippen molar-refractivity contribution in [3.8, 4) is 23.1 Å². The van der Waals surface area contributed by atoms with Crippen LogP contribution < -0.4 is 11.1 Å². The average molecular weight is 504 g/mol. The number of rotatable bonds is 6. The van der Waals surface area contributed by atoms with Crippen LogP contribution in [0.15, 0.2) is 47.5 Å². The van der Waals surface area contributed by atoms with E-state index in [4.69, 9.17) is 45.6 Å². The third kappa shape index (κ3) is 5.31. The topological polar surface area (TPSA) is 109 Å². The van der Waals surface area contributed by atoms with Crippen molar-refractivity contribution in [1.82, 2.24) is 15.1 Å². The summed E-state index contributed by atoms with van der Waals surface area (Å²) in [6.45, 7) is 5.48. The van der Waals surface area contributed by atoms with Crippen molar-refractivity contribution in [1.29, 1.82) is 5.26 Å². The van der Waals surface area contributed by atoms with Gasteiger partial charge in [0.25, 0.3) is 0 Å². The van der Waals surface area contributed by atoms with Gasteiger partial charge in [0.05, 0.1) is 16.4 Å². The van der Waals surface area contributed by atoms with Crippen molar-refractivity contribution >= 4 is 46.5 Å². The smallest absolute Gasteiger partial charge is 0.242 e. The molecule has 0 fully saturated rings. The maximum atomic E-state index is 12.0. The second-order valence-electron chi connectivity index (χ2n) is 7.64. The highest BCUT2D eigenvalue weighted by molar-refractivity contribution is 6.35. The summed E-state index contributed by atoms with van der Waals surface area (Å²) in [6, 6.07) is 11.5. The molecule has 1 atom stereocenters. The lowest BCUT2D eigenvalue weighted by Gasteiger charge is -2.14. The van der Waals surface area contributed by atoms with E-state index in [-0.39, 0.29) is 11.8 Å². The fourth-order valence-corrected chi connectivity index (χ4v) is 4.00. The Hall–Kier alpha value is -3.05. The van der Waals surface area contributed by atoms with Gasteiger partial charge in [-0.3, -0.25) is 15.1 Å². The zero-order valence-corrected chi connectivity index (χ0v) is 20.4. The van der Waals surface area contributed by atoms with Gasteiger partial charge in [-0.1, -0.05) is 60.8 Å². The number of benzene rings is 2. The first-order valence-corrected chi connectivity index (χ1v) is 11.1. The largest absolute Gasteiger partial charge is 0.368 e. The monoisotopic (exact) mass is 502 g/mol. The first kappa shape index (κ1) is 24.6. The van der Waals surface area contributed by atoms with Gasteiger partial charge in [-0.05, 0) is 43.2 Å². The molecular weight excluding hydrogens is 483 g/mol. The van der Waals surface area contributed by atoms with Crippen LogP contribution in [-0.2, 0) is 4.79 Å². The molecule has 0 saturated carbocycles. The molecule has 0 saturated heterocycles. The normalized spacial score (nSPS) is 12.5. The highest BCUT2D eigenvalue weighted by atomic mass is 35.5. The zero-order chi connectivity index (χ0) is 24.3. The van der Waals surface area contributed by atoms with Gasteiger partial charge in [0.1, 0.15) is 11.7 Å². The van der Waals surface area contributed by atoms with Gasteiger partial charge in [0, 0.05) is 21.2 Å². The fourth-order valence-electron chi connectivity index (χ4n) is 3.38. The number of amides is 1. The van der Waals surface area contributed by atoms with Gasteiger partial charge in [-0.25, -0.2) is 4.68 Å². The Balaban J connectivity index is 2.32. The number of hydrogen-bond acceptors (Lipinski definition) is 4. The third-order valence-corrected chi connectivity index (χ3v) is 5.76. The van der Waals surface area contributed by atoms with Crippen LogP contribution in [-0.4, -0.2) is 27.6 Å². The van der Waals surface area contributed by atoms with Gasteiger partial charge >= 0.3 is 0 Å². The summed E-state index contributed by atoms with van der Waals surface area (Å²) in [5.41, 5.74) is 8.71. The maximum absolute atomic E-state index is 12.0. The molecule has 0 bridgehead atoms. The summed E-state index contributed by atoms with van der Waals surface area (Å²) in [4.78, 5) is 16.4. The van der Waals surface area contributed by atoms with Gasteiger partial charge < -0.3 is 5.73 Å². The minimum absolute atomic E-state index is 0.131. The summed E-state index contributed by atoms with van der Waals surface area (Å²) in [5.74, 6) is -0.647. The average Bonchev–Trinajstić information content (AvgIpc) is 3.08. The number of halogens is 3. The van der Waals surface area contributed by atoms with E-state index in [0.29, 0.717) is 37.7 Å². The molecule has 0 aliphatic rings. The van der Waals surface area contributed by atoms with Crippen LogP contribution in [0.2, 0.25) is 15.1 Å². The third-order valence-electron chi connectivity index (χ3n) is 4.97. The molecule has 0 aliphatic heterocycles. The number of aromatic nitrogens is 2. The SMILES string of the molecule is Cc1c(C(=N[C@H](C(N)=O)C(C)C)NC#N)nn(-c2ccc(Cl)cc2Cl)c1-c1ccc(Cl)cc1. The number of nitriles is 1. The number of primary amides is 1. The van der Waals surface area contributed by atoms with E-state index < -0.39 is 11.9 Å². The number of aliphatic imine (C=N–C) groups is 1. The van der Waals surface area contributed by atoms with Crippen molar-refractivity contribution < 1.29 is 4.79 Å². The summed E-state index contributed by atoms with van der Waals surface area (Å²) >= 11 is 18.7. The number of hydrogen-bond donors (Lipinski definition) is 2. The Bertz CT molecular complexity index is 1260. The molecule has 1 heterocycles. The van der Waals surface area contributed by atoms with Crippen molar-refractivity contribution in [3.63, 3.8) is 0 Å². The highest BCUT2D eigenvalue weighted by Crippen LogP contribution is 2.33. The molecule has 0 spiro atoms. The number of nitrogens with two attached hydrogens (primary N) is 1. The number of nitrogens with zero attached hydrogens (tertiary/aromatic N) is 4. The van der Waals surface area contributed by atoms with Gasteiger partial charge in [-0.2, -0.15) is 10.4 Å². The molecule has 3 N–H and O–H groups in total. The number of carbonyl (C=O) groups excluding carboxylic acids is 1. The van der Waals surface area contributed by atoms with Crippen LogP contribution in [0.5, 0.6) is 0 Å². The molecule has 3 rings (SSSR count). The van der Waals surface area contributed by atoms with E-state index in [1.165, 1.54) is 0 Å². The van der Waals surface area contributed by atoms with Crippen LogP contribution >= 0.6 is 34.8 Å². The lowest BCUT2D eigenvalue weighted by atomic mass is 10.0. The van der Waals surface area contributed by atoms with Crippen molar-refractivity contribution in [3.05, 3.63) is 68.8 Å². The van der Waals surface area contributed by atoms with E-state index in [1.807, 2.05) is 39.1 Å². The predicted octanol–water partition coefficient (Wildman–Crippen LogP) is 5.14. The lowest BCUT2D eigenvalue weighted by Crippen LogP contribution is -2.34. The predicted molar refractivity (Wildman–Crippen MR) is 132 cm³/mol. The Labute approximate surface area is 206 Å². The quantitative estimate of drug-likeness (QED) is 0.210. The second-order valence-corrected chi connectivity index (χ2v) is 8.92. The molecule has 1 amide bonds. The van der Waals surface area contributed by atoms with E-state index >= 15 is 0 Å². The van der Waals surface area contributed by atoms with Crippen molar-refractivity contribution in [2.75, 3.05) is 0 Å². The zero-order valence-electron chi connectivity index (χ0n) is 18.1.